The van der Waals surface area contributed by atoms with Crippen LogP contribution >= 0.6 is 0 Å². The number of hydrogen-bond donors (Lipinski definition) is 3. The highest BCUT2D eigenvalue weighted by Gasteiger charge is 2.22. The van der Waals surface area contributed by atoms with E-state index >= 15 is 0 Å². The van der Waals surface area contributed by atoms with E-state index in [4.69, 9.17) is 14.7 Å². The predicted molar refractivity (Wildman–Crippen MR) is 143 cm³/mol. The zero-order valence-corrected chi connectivity index (χ0v) is 21.1. The lowest BCUT2D eigenvalue weighted by Gasteiger charge is -2.28. The smallest absolute Gasteiger partial charge is 0.251 e. The Hall–Kier alpha value is -4.84. The molecule has 4 heterocycles. The van der Waals surface area contributed by atoms with Crippen molar-refractivity contribution in [3.8, 4) is 17.1 Å². The number of nitrogens with one attached hydrogen (secondary N) is 2. The highest BCUT2D eigenvalue weighted by Crippen LogP contribution is 2.28. The van der Waals surface area contributed by atoms with E-state index < -0.39 is 0 Å². The number of hydrogen-bond acceptors (Lipinski definition) is 9. The van der Waals surface area contributed by atoms with Crippen LogP contribution in [0, 0.1) is 0 Å². The van der Waals surface area contributed by atoms with Crippen LogP contribution in [0.4, 0.5) is 5.82 Å². The molecule has 0 spiro atoms. The maximum absolute atomic E-state index is 12.5. The van der Waals surface area contributed by atoms with Gasteiger partial charge in [-0.3, -0.25) is 4.79 Å². The molecule has 1 saturated heterocycles. The van der Waals surface area contributed by atoms with Crippen LogP contribution in [-0.4, -0.2) is 78.8 Å². The fourth-order valence-electron chi connectivity index (χ4n) is 4.49. The molecule has 12 heteroatoms. The average molecular weight is 526 g/mol. The van der Waals surface area contributed by atoms with Crippen LogP contribution in [-0.2, 0) is 17.7 Å². The zero-order chi connectivity index (χ0) is 26.6. The summed E-state index contributed by atoms with van der Waals surface area (Å²) < 4.78 is 7.25. The molecular weight excluding hydrogens is 498 g/mol. The van der Waals surface area contributed by atoms with E-state index in [9.17, 15) is 9.90 Å². The molecule has 1 fully saturated rings. The van der Waals surface area contributed by atoms with E-state index in [2.05, 4.69) is 30.5 Å². The lowest BCUT2D eigenvalue weighted by atomic mass is 10.1. The highest BCUT2D eigenvalue weighted by molar-refractivity contribution is 5.94. The number of imidazole rings is 1. The van der Waals surface area contributed by atoms with Gasteiger partial charge in [-0.2, -0.15) is 0 Å². The summed E-state index contributed by atoms with van der Waals surface area (Å²) in [6, 6.07) is 14.3. The molecule has 2 aromatic carbocycles. The summed E-state index contributed by atoms with van der Waals surface area (Å²) in [5.74, 6) is 1.17. The quantitative estimate of drug-likeness (QED) is 0.277. The van der Waals surface area contributed by atoms with Crippen LogP contribution in [0.5, 0.6) is 5.75 Å². The Morgan fingerprint density at radius 3 is 2.72 bits per heavy atom. The monoisotopic (exact) mass is 525 g/mol. The van der Waals surface area contributed by atoms with Gasteiger partial charge in [0.25, 0.3) is 5.91 Å². The number of morpholine rings is 1. The van der Waals surface area contributed by atoms with Crippen molar-refractivity contribution in [2.24, 2.45) is 0 Å². The van der Waals surface area contributed by atoms with E-state index in [1.54, 1.807) is 47.5 Å². The molecule has 3 aromatic heterocycles. The number of benzene rings is 2. The molecule has 5 aromatic rings. The molecule has 0 unspecified atom stereocenters. The molecule has 3 N–H and O–H groups in total. The lowest BCUT2D eigenvalue weighted by Crippen LogP contribution is -2.37. The SMILES string of the molecule is O=C(NCCc1cnc[nH]1)c1ccc(Cn2nnc3c(N4CCOCC4)nc(-c4cccc(O)c4)nc32)cc1. The van der Waals surface area contributed by atoms with Crippen molar-refractivity contribution in [3.05, 3.63) is 77.9 Å². The fraction of sp³-hybridized carbons (Fsp3) is 0.259. The van der Waals surface area contributed by atoms with Crippen molar-refractivity contribution in [2.45, 2.75) is 13.0 Å². The number of carbonyl (C=O) groups excluding carboxylic acids is 1. The van der Waals surface area contributed by atoms with Gasteiger partial charge in [0.05, 0.1) is 26.1 Å². The van der Waals surface area contributed by atoms with Crippen molar-refractivity contribution in [1.82, 2.24) is 40.2 Å². The maximum atomic E-state index is 12.5. The number of rotatable bonds is 8. The van der Waals surface area contributed by atoms with Gasteiger partial charge in [-0.25, -0.2) is 19.6 Å². The molecule has 6 rings (SSSR count). The second-order valence-electron chi connectivity index (χ2n) is 9.22. The van der Waals surface area contributed by atoms with Crippen molar-refractivity contribution in [2.75, 3.05) is 37.7 Å². The molecule has 0 saturated carbocycles. The number of nitrogens with zero attached hydrogens (tertiary/aromatic N) is 7. The zero-order valence-electron chi connectivity index (χ0n) is 21.1. The minimum atomic E-state index is -0.133. The van der Waals surface area contributed by atoms with Gasteiger partial charge in [0.1, 0.15) is 5.75 Å². The Morgan fingerprint density at radius 1 is 1.10 bits per heavy atom. The third kappa shape index (κ3) is 5.41. The number of phenols is 1. The summed E-state index contributed by atoms with van der Waals surface area (Å²) in [4.78, 5) is 31.3. The normalized spacial score (nSPS) is 13.6. The Balaban J connectivity index is 1.24. The van der Waals surface area contributed by atoms with Gasteiger partial charge < -0.3 is 25.0 Å². The third-order valence-electron chi connectivity index (χ3n) is 6.54. The average Bonchev–Trinajstić information content (AvgIpc) is 3.64. The van der Waals surface area contributed by atoms with Crippen LogP contribution in [0.25, 0.3) is 22.6 Å². The van der Waals surface area contributed by atoms with Crippen molar-refractivity contribution in [1.29, 1.82) is 0 Å². The summed E-state index contributed by atoms with van der Waals surface area (Å²) in [5, 5.41) is 21.8. The Bertz CT molecular complexity index is 1580. The first-order chi connectivity index (χ1) is 19.1. The molecule has 1 amide bonds. The molecule has 0 atom stereocenters. The molecule has 39 heavy (non-hydrogen) atoms. The lowest BCUT2D eigenvalue weighted by molar-refractivity contribution is 0.0954. The van der Waals surface area contributed by atoms with Crippen LogP contribution in [0.1, 0.15) is 21.6 Å². The predicted octanol–water partition coefficient (Wildman–Crippen LogP) is 2.17. The van der Waals surface area contributed by atoms with E-state index in [0.29, 0.717) is 79.7 Å². The number of anilines is 1. The van der Waals surface area contributed by atoms with Crippen molar-refractivity contribution < 1.29 is 14.6 Å². The summed E-state index contributed by atoms with van der Waals surface area (Å²) in [6.07, 6.45) is 4.05. The molecule has 1 aliphatic rings. The number of amides is 1. The van der Waals surface area contributed by atoms with Crippen LogP contribution < -0.4 is 10.2 Å². The van der Waals surface area contributed by atoms with Crippen LogP contribution in [0.2, 0.25) is 0 Å². The summed E-state index contributed by atoms with van der Waals surface area (Å²) in [7, 11) is 0. The van der Waals surface area contributed by atoms with Gasteiger partial charge in [-0.1, -0.05) is 29.5 Å². The van der Waals surface area contributed by atoms with E-state index in [0.717, 1.165) is 11.3 Å². The molecule has 1 aliphatic heterocycles. The van der Waals surface area contributed by atoms with E-state index in [-0.39, 0.29) is 11.7 Å². The molecule has 0 radical (unpaired) electrons. The number of fused-ring (bicyclic) bond motifs is 1. The number of H-pyrrole nitrogens is 1. The van der Waals surface area contributed by atoms with E-state index in [1.807, 2.05) is 18.2 Å². The fourth-order valence-corrected chi connectivity index (χ4v) is 4.49. The molecule has 12 nitrogen and oxygen atoms in total. The second-order valence-corrected chi connectivity index (χ2v) is 9.22. The summed E-state index contributed by atoms with van der Waals surface area (Å²) >= 11 is 0. The largest absolute Gasteiger partial charge is 0.508 e. The first-order valence-corrected chi connectivity index (χ1v) is 12.7. The Kier molecular flexibility index (Phi) is 6.83. The molecular formula is C27H27N9O3. The standard InChI is InChI=1S/C27H27N9O3/c37-22-3-1-2-20(14-22)24-31-25(35-10-12-39-13-11-35)23-26(32-24)36(34-33-23)16-18-4-6-19(7-5-18)27(38)29-9-8-21-15-28-17-30-21/h1-7,14-15,17,37H,8-13,16H2,(H,28,30)(H,29,38). The number of aromatic amines is 1. The number of aromatic nitrogens is 7. The topological polar surface area (TPSA) is 147 Å². The van der Waals surface area contributed by atoms with Crippen LogP contribution in [0.3, 0.4) is 0 Å². The number of carbonyl (C=O) groups is 1. The number of ether oxygens (including phenoxy) is 1. The van der Waals surface area contributed by atoms with Gasteiger partial charge in [-0.15, -0.1) is 5.10 Å². The van der Waals surface area contributed by atoms with Crippen molar-refractivity contribution >= 4 is 22.9 Å². The number of aromatic hydroxyl groups is 1. The molecule has 198 valence electrons. The summed E-state index contributed by atoms with van der Waals surface area (Å²) in [5.41, 5.74) is 4.39. The Labute approximate surface area is 223 Å². The minimum absolute atomic E-state index is 0.133. The molecule has 0 aliphatic carbocycles. The van der Waals surface area contributed by atoms with Gasteiger partial charge in [0.15, 0.2) is 22.8 Å². The second kappa shape index (κ2) is 10.9. The van der Waals surface area contributed by atoms with Gasteiger partial charge in [-0.05, 0) is 29.8 Å². The minimum Gasteiger partial charge on any atom is -0.508 e. The van der Waals surface area contributed by atoms with Crippen molar-refractivity contribution in [3.63, 3.8) is 0 Å². The van der Waals surface area contributed by atoms with E-state index in [1.165, 1.54) is 0 Å². The van der Waals surface area contributed by atoms with Crippen LogP contribution in [0.15, 0.2) is 61.1 Å². The maximum Gasteiger partial charge on any atom is 0.251 e. The highest BCUT2D eigenvalue weighted by atomic mass is 16.5. The number of phenolic OH excluding ortho intramolecular Hbond substituents is 1. The van der Waals surface area contributed by atoms with Gasteiger partial charge in [0.2, 0.25) is 0 Å². The Morgan fingerprint density at radius 2 is 1.95 bits per heavy atom. The van der Waals surface area contributed by atoms with Gasteiger partial charge in [0, 0.05) is 49.1 Å². The first kappa shape index (κ1) is 24.5. The molecule has 0 bridgehead atoms. The van der Waals surface area contributed by atoms with Gasteiger partial charge >= 0.3 is 0 Å². The summed E-state index contributed by atoms with van der Waals surface area (Å²) in [6.45, 7) is 3.50. The first-order valence-electron chi connectivity index (χ1n) is 12.7. The third-order valence-corrected chi connectivity index (χ3v) is 6.54.